The van der Waals surface area contributed by atoms with Crippen LogP contribution in [0.5, 0.6) is 0 Å². The number of nitrogens with one attached hydrogen (secondary N) is 1. The topological polar surface area (TPSA) is 32.3 Å². The van der Waals surface area contributed by atoms with Crippen LogP contribution >= 0.6 is 0 Å². The van der Waals surface area contributed by atoms with Gasteiger partial charge < -0.3 is 10.4 Å². The Morgan fingerprint density at radius 2 is 1.81 bits per heavy atom. The molecular weight excluding hydrogens is 258 g/mol. The molecule has 1 aliphatic rings. The molecule has 0 aliphatic heterocycles. The van der Waals surface area contributed by atoms with Gasteiger partial charge in [0.15, 0.2) is 0 Å². The molecule has 1 aliphatic carbocycles. The second kappa shape index (κ2) is 6.93. The summed E-state index contributed by atoms with van der Waals surface area (Å²) in [7, 11) is 0. The van der Waals surface area contributed by atoms with Crippen molar-refractivity contribution in [3.8, 4) is 0 Å². The van der Waals surface area contributed by atoms with E-state index in [0.29, 0.717) is 12.6 Å². The van der Waals surface area contributed by atoms with Crippen molar-refractivity contribution in [2.24, 2.45) is 5.41 Å². The smallest absolute Gasteiger partial charge is 0.0669 e. The van der Waals surface area contributed by atoms with Crippen molar-refractivity contribution < 1.29 is 5.11 Å². The van der Waals surface area contributed by atoms with E-state index in [9.17, 15) is 5.11 Å². The van der Waals surface area contributed by atoms with E-state index >= 15 is 0 Å². The van der Waals surface area contributed by atoms with Crippen LogP contribution in [0.1, 0.15) is 69.7 Å². The molecule has 2 nitrogen and oxygen atoms in total. The maximum atomic E-state index is 10.1. The second-order valence-electron chi connectivity index (χ2n) is 7.78. The molecule has 2 heteroatoms. The van der Waals surface area contributed by atoms with Crippen molar-refractivity contribution in [2.75, 3.05) is 6.54 Å². The van der Waals surface area contributed by atoms with Crippen molar-refractivity contribution in [3.63, 3.8) is 0 Å². The normalized spacial score (nSPS) is 18.1. The summed E-state index contributed by atoms with van der Waals surface area (Å²) in [5, 5.41) is 13.6. The van der Waals surface area contributed by atoms with E-state index in [1.807, 2.05) is 0 Å². The average molecular weight is 289 g/mol. The number of rotatable bonds is 5. The lowest BCUT2D eigenvalue weighted by molar-refractivity contribution is 0.117. The summed E-state index contributed by atoms with van der Waals surface area (Å²) < 4.78 is 0. The molecule has 1 aromatic carbocycles. The molecular formula is C19H31NO. The van der Waals surface area contributed by atoms with Crippen LogP contribution in [0.15, 0.2) is 18.2 Å². The number of hydrogen-bond donors (Lipinski definition) is 2. The van der Waals surface area contributed by atoms with Crippen molar-refractivity contribution in [1.82, 2.24) is 5.32 Å². The van der Waals surface area contributed by atoms with Crippen LogP contribution in [-0.2, 0) is 12.8 Å². The summed E-state index contributed by atoms with van der Waals surface area (Å²) in [4.78, 5) is 0. The number of aliphatic hydroxyl groups excluding tert-OH is 1. The van der Waals surface area contributed by atoms with Gasteiger partial charge >= 0.3 is 0 Å². The standard InChI is InChI=1S/C19H31NO/c1-14(20-13-18(21)12-19(2,3)4)16-10-9-15-7-5-6-8-17(15)11-16/h9-11,14,18,20-21H,5-8,12-13H2,1-4H3. The summed E-state index contributed by atoms with van der Waals surface area (Å²) in [5.74, 6) is 0. The molecule has 2 N–H and O–H groups in total. The SMILES string of the molecule is CC(NCC(O)CC(C)(C)C)c1ccc2c(c1)CCCC2. The Balaban J connectivity index is 1.90. The lowest BCUT2D eigenvalue weighted by atomic mass is 9.88. The highest BCUT2D eigenvalue weighted by molar-refractivity contribution is 5.35. The van der Waals surface area contributed by atoms with Gasteiger partial charge in [-0.3, -0.25) is 0 Å². The first-order valence-corrected chi connectivity index (χ1v) is 8.38. The third-order valence-electron chi connectivity index (χ3n) is 4.38. The fraction of sp³-hybridized carbons (Fsp3) is 0.684. The van der Waals surface area contributed by atoms with Gasteiger partial charge in [0.25, 0.3) is 0 Å². The zero-order valence-corrected chi connectivity index (χ0v) is 14.1. The molecule has 2 rings (SSSR count). The molecule has 0 radical (unpaired) electrons. The lowest BCUT2D eigenvalue weighted by Gasteiger charge is -2.25. The van der Waals surface area contributed by atoms with Gasteiger partial charge in [-0.05, 0) is 61.1 Å². The molecule has 118 valence electrons. The van der Waals surface area contributed by atoms with Gasteiger partial charge in [0.05, 0.1) is 6.10 Å². The van der Waals surface area contributed by atoms with Crippen LogP contribution in [0.2, 0.25) is 0 Å². The maximum Gasteiger partial charge on any atom is 0.0669 e. The van der Waals surface area contributed by atoms with E-state index < -0.39 is 0 Å². The Hall–Kier alpha value is -0.860. The first-order chi connectivity index (χ1) is 9.85. The summed E-state index contributed by atoms with van der Waals surface area (Å²) in [5.41, 5.74) is 4.59. The molecule has 21 heavy (non-hydrogen) atoms. The summed E-state index contributed by atoms with van der Waals surface area (Å²) >= 11 is 0. The summed E-state index contributed by atoms with van der Waals surface area (Å²) in [6.07, 6.45) is 5.67. The number of hydrogen-bond acceptors (Lipinski definition) is 2. The molecule has 0 saturated heterocycles. The van der Waals surface area contributed by atoms with Crippen LogP contribution in [-0.4, -0.2) is 17.8 Å². The minimum Gasteiger partial charge on any atom is -0.392 e. The molecule has 0 bridgehead atoms. The fourth-order valence-corrected chi connectivity index (χ4v) is 3.23. The summed E-state index contributed by atoms with van der Waals surface area (Å²) in [6.45, 7) is 9.36. The van der Waals surface area contributed by atoms with E-state index in [-0.39, 0.29) is 11.5 Å². The number of aliphatic hydroxyl groups is 1. The highest BCUT2D eigenvalue weighted by atomic mass is 16.3. The van der Waals surface area contributed by atoms with E-state index in [0.717, 1.165) is 6.42 Å². The summed E-state index contributed by atoms with van der Waals surface area (Å²) in [6, 6.07) is 7.21. The molecule has 0 saturated carbocycles. The Morgan fingerprint density at radius 1 is 1.14 bits per heavy atom. The quantitative estimate of drug-likeness (QED) is 0.858. The van der Waals surface area contributed by atoms with E-state index in [1.165, 1.54) is 42.4 Å². The molecule has 0 heterocycles. The second-order valence-corrected chi connectivity index (χ2v) is 7.78. The Morgan fingerprint density at radius 3 is 2.48 bits per heavy atom. The zero-order chi connectivity index (χ0) is 15.5. The van der Waals surface area contributed by atoms with E-state index in [4.69, 9.17) is 0 Å². The lowest BCUT2D eigenvalue weighted by Crippen LogP contribution is -2.31. The largest absolute Gasteiger partial charge is 0.392 e. The van der Waals surface area contributed by atoms with E-state index in [2.05, 4.69) is 51.2 Å². The highest BCUT2D eigenvalue weighted by Gasteiger charge is 2.18. The van der Waals surface area contributed by atoms with Gasteiger partial charge in [-0.1, -0.05) is 39.0 Å². The van der Waals surface area contributed by atoms with Gasteiger partial charge in [0.2, 0.25) is 0 Å². The maximum absolute atomic E-state index is 10.1. The van der Waals surface area contributed by atoms with E-state index in [1.54, 1.807) is 0 Å². The van der Waals surface area contributed by atoms with Crippen LogP contribution in [0.25, 0.3) is 0 Å². The van der Waals surface area contributed by atoms with Gasteiger partial charge in [-0.25, -0.2) is 0 Å². The van der Waals surface area contributed by atoms with Gasteiger partial charge in [0, 0.05) is 12.6 Å². The molecule has 0 amide bonds. The van der Waals surface area contributed by atoms with Gasteiger partial charge in [0.1, 0.15) is 0 Å². The highest BCUT2D eigenvalue weighted by Crippen LogP contribution is 2.25. The molecule has 0 aromatic heterocycles. The Labute approximate surface area is 130 Å². The third kappa shape index (κ3) is 5.12. The van der Waals surface area contributed by atoms with Crippen LogP contribution in [0, 0.1) is 5.41 Å². The number of aryl methyl sites for hydroxylation is 2. The van der Waals surface area contributed by atoms with Crippen LogP contribution in [0.4, 0.5) is 0 Å². The van der Waals surface area contributed by atoms with Crippen molar-refractivity contribution in [3.05, 3.63) is 34.9 Å². The molecule has 0 spiro atoms. The van der Waals surface area contributed by atoms with Crippen molar-refractivity contribution >= 4 is 0 Å². The first-order valence-electron chi connectivity index (χ1n) is 8.38. The average Bonchev–Trinajstić information content (AvgIpc) is 2.42. The predicted molar refractivity (Wildman–Crippen MR) is 89.6 cm³/mol. The molecule has 2 unspecified atom stereocenters. The monoisotopic (exact) mass is 289 g/mol. The van der Waals surface area contributed by atoms with Gasteiger partial charge in [-0.2, -0.15) is 0 Å². The van der Waals surface area contributed by atoms with Gasteiger partial charge in [-0.15, -0.1) is 0 Å². The minimum absolute atomic E-state index is 0.177. The zero-order valence-electron chi connectivity index (χ0n) is 14.1. The number of fused-ring (bicyclic) bond motifs is 1. The van der Waals surface area contributed by atoms with Crippen molar-refractivity contribution in [1.29, 1.82) is 0 Å². The van der Waals surface area contributed by atoms with Crippen molar-refractivity contribution in [2.45, 2.75) is 71.9 Å². The molecule has 1 aromatic rings. The first kappa shape index (κ1) is 16.5. The van der Waals surface area contributed by atoms with Crippen LogP contribution < -0.4 is 5.32 Å². The number of benzene rings is 1. The molecule has 0 fully saturated rings. The Kier molecular flexibility index (Phi) is 5.45. The fourth-order valence-electron chi connectivity index (χ4n) is 3.23. The predicted octanol–water partition coefficient (Wildman–Crippen LogP) is 4.01. The van der Waals surface area contributed by atoms with Crippen LogP contribution in [0.3, 0.4) is 0 Å². The Bertz CT molecular complexity index is 461. The third-order valence-corrected chi connectivity index (χ3v) is 4.38. The molecule has 2 atom stereocenters. The minimum atomic E-state index is -0.273.